The van der Waals surface area contributed by atoms with Crippen molar-refractivity contribution < 1.29 is 4.39 Å². The second-order valence-electron chi connectivity index (χ2n) is 5.27. The van der Waals surface area contributed by atoms with Gasteiger partial charge in [-0.15, -0.1) is 0 Å². The van der Waals surface area contributed by atoms with E-state index >= 15 is 0 Å². The van der Waals surface area contributed by atoms with Gasteiger partial charge in [-0.1, -0.05) is 13.8 Å². The Morgan fingerprint density at radius 3 is 2.68 bits per heavy atom. The summed E-state index contributed by atoms with van der Waals surface area (Å²) in [6.07, 6.45) is 4.64. The Labute approximate surface area is 114 Å². The van der Waals surface area contributed by atoms with Crippen molar-refractivity contribution in [1.29, 1.82) is 0 Å². The zero-order valence-corrected chi connectivity index (χ0v) is 12.0. The van der Waals surface area contributed by atoms with E-state index < -0.39 is 0 Å². The van der Waals surface area contributed by atoms with Crippen molar-refractivity contribution in [2.24, 2.45) is 5.41 Å². The third-order valence-corrected chi connectivity index (χ3v) is 4.30. The molecule has 2 rings (SSSR count). The number of anilines is 2. The van der Waals surface area contributed by atoms with Gasteiger partial charge in [-0.2, -0.15) is 4.98 Å². The molecule has 19 heavy (non-hydrogen) atoms. The van der Waals surface area contributed by atoms with Crippen molar-refractivity contribution in [3.8, 4) is 0 Å². The van der Waals surface area contributed by atoms with Gasteiger partial charge in [0, 0.05) is 19.6 Å². The van der Waals surface area contributed by atoms with Gasteiger partial charge >= 0.3 is 0 Å². The summed E-state index contributed by atoms with van der Waals surface area (Å²) in [5.41, 5.74) is 0.315. The largest absolute Gasteiger partial charge is 0.354 e. The second kappa shape index (κ2) is 5.72. The van der Waals surface area contributed by atoms with E-state index in [0.29, 0.717) is 17.2 Å². The number of nitrogens with one attached hydrogen (secondary N) is 1. The summed E-state index contributed by atoms with van der Waals surface area (Å²) < 4.78 is 13.9. The average Bonchev–Trinajstić information content (AvgIpc) is 2.86. The predicted molar refractivity (Wildman–Crippen MR) is 76.0 cm³/mol. The first kappa shape index (κ1) is 14.0. The van der Waals surface area contributed by atoms with Gasteiger partial charge in [-0.3, -0.25) is 0 Å². The summed E-state index contributed by atoms with van der Waals surface area (Å²) in [7, 11) is 0. The summed E-state index contributed by atoms with van der Waals surface area (Å²) in [5, 5.41) is 3.03. The van der Waals surface area contributed by atoms with Crippen molar-refractivity contribution in [3.63, 3.8) is 0 Å². The van der Waals surface area contributed by atoms with E-state index in [0.717, 1.165) is 38.9 Å². The molecular formula is C14H23FN4. The fourth-order valence-corrected chi connectivity index (χ4v) is 2.77. The number of rotatable bonds is 5. The molecule has 0 radical (unpaired) electrons. The van der Waals surface area contributed by atoms with Gasteiger partial charge in [0.25, 0.3) is 0 Å². The van der Waals surface area contributed by atoms with E-state index in [2.05, 4.69) is 34.0 Å². The van der Waals surface area contributed by atoms with Crippen LogP contribution in [0.5, 0.6) is 0 Å². The zero-order chi connectivity index (χ0) is 13.9. The van der Waals surface area contributed by atoms with Gasteiger partial charge in [-0.25, -0.2) is 9.37 Å². The predicted octanol–water partition coefficient (Wildman–Crippen LogP) is 3.06. The highest BCUT2D eigenvalue weighted by Crippen LogP contribution is 2.39. The number of hydrogen-bond donors (Lipinski definition) is 1. The monoisotopic (exact) mass is 266 g/mol. The number of halogens is 1. The smallest absolute Gasteiger partial charge is 0.224 e. The molecule has 1 aromatic heterocycles. The van der Waals surface area contributed by atoms with Crippen LogP contribution in [0, 0.1) is 11.2 Å². The van der Waals surface area contributed by atoms with Crippen LogP contribution in [0.3, 0.4) is 0 Å². The normalized spacial score (nSPS) is 17.8. The van der Waals surface area contributed by atoms with Crippen LogP contribution < -0.4 is 10.2 Å². The summed E-state index contributed by atoms with van der Waals surface area (Å²) in [4.78, 5) is 10.3. The maximum absolute atomic E-state index is 13.9. The molecule has 1 aliphatic rings. The first-order valence-electron chi connectivity index (χ1n) is 7.15. The molecular weight excluding hydrogens is 243 g/mol. The minimum absolute atomic E-state index is 0.315. The Balaban J connectivity index is 2.21. The lowest BCUT2D eigenvalue weighted by Crippen LogP contribution is -2.27. The van der Waals surface area contributed by atoms with Gasteiger partial charge in [0.05, 0.1) is 6.20 Å². The molecule has 0 spiro atoms. The van der Waals surface area contributed by atoms with Crippen LogP contribution in [0.2, 0.25) is 0 Å². The molecule has 4 nitrogen and oxygen atoms in total. The Bertz CT molecular complexity index is 431. The van der Waals surface area contributed by atoms with Crippen LogP contribution in [0.15, 0.2) is 6.20 Å². The summed E-state index contributed by atoms with van der Waals surface area (Å²) in [6, 6.07) is 0. The standard InChI is InChI=1S/C14H23FN4/c1-4-14(5-2)7-8-19(10-14)12-11(15)9-17-13(18-12)16-6-3/h9H,4-8,10H2,1-3H3,(H,16,17,18). The molecule has 106 valence electrons. The lowest BCUT2D eigenvalue weighted by Gasteiger charge is -2.26. The molecule has 1 fully saturated rings. The van der Waals surface area contributed by atoms with Crippen molar-refractivity contribution in [3.05, 3.63) is 12.0 Å². The van der Waals surface area contributed by atoms with E-state index in [1.54, 1.807) is 0 Å². The Morgan fingerprint density at radius 1 is 1.37 bits per heavy atom. The lowest BCUT2D eigenvalue weighted by atomic mass is 9.82. The third kappa shape index (κ3) is 2.80. The highest BCUT2D eigenvalue weighted by Gasteiger charge is 2.36. The zero-order valence-electron chi connectivity index (χ0n) is 12.0. The van der Waals surface area contributed by atoms with E-state index in [1.165, 1.54) is 6.20 Å². The van der Waals surface area contributed by atoms with Crippen molar-refractivity contribution in [2.45, 2.75) is 40.0 Å². The van der Waals surface area contributed by atoms with E-state index in [4.69, 9.17) is 0 Å². The molecule has 1 N–H and O–H groups in total. The summed E-state index contributed by atoms with van der Waals surface area (Å²) in [5.74, 6) is 0.615. The van der Waals surface area contributed by atoms with Gasteiger partial charge < -0.3 is 10.2 Å². The maximum atomic E-state index is 13.9. The first-order chi connectivity index (χ1) is 9.14. The van der Waals surface area contributed by atoms with Gasteiger partial charge in [0.15, 0.2) is 11.6 Å². The second-order valence-corrected chi connectivity index (χ2v) is 5.27. The van der Waals surface area contributed by atoms with Crippen LogP contribution >= 0.6 is 0 Å². The lowest BCUT2D eigenvalue weighted by molar-refractivity contribution is 0.301. The molecule has 2 heterocycles. The molecule has 0 aliphatic carbocycles. The molecule has 0 aromatic carbocycles. The molecule has 0 saturated carbocycles. The Kier molecular flexibility index (Phi) is 4.22. The molecule has 0 atom stereocenters. The van der Waals surface area contributed by atoms with Crippen molar-refractivity contribution >= 4 is 11.8 Å². The molecule has 1 aliphatic heterocycles. The maximum Gasteiger partial charge on any atom is 0.224 e. The topological polar surface area (TPSA) is 41.1 Å². The van der Waals surface area contributed by atoms with Gasteiger partial charge in [0.2, 0.25) is 5.95 Å². The molecule has 1 aromatic rings. The number of hydrogen-bond acceptors (Lipinski definition) is 4. The fraction of sp³-hybridized carbons (Fsp3) is 0.714. The summed E-state index contributed by atoms with van der Waals surface area (Å²) in [6.45, 7) is 8.90. The van der Waals surface area contributed by atoms with E-state index in [9.17, 15) is 4.39 Å². The Morgan fingerprint density at radius 2 is 2.11 bits per heavy atom. The molecule has 0 unspecified atom stereocenters. The van der Waals surface area contributed by atoms with Crippen LogP contribution in [0.4, 0.5) is 16.2 Å². The van der Waals surface area contributed by atoms with E-state index in [-0.39, 0.29) is 5.82 Å². The average molecular weight is 266 g/mol. The van der Waals surface area contributed by atoms with E-state index in [1.807, 2.05) is 6.92 Å². The number of nitrogens with zero attached hydrogens (tertiary/aromatic N) is 3. The number of aromatic nitrogens is 2. The Hall–Kier alpha value is -1.39. The molecule has 1 saturated heterocycles. The van der Waals surface area contributed by atoms with Crippen LogP contribution in [0.25, 0.3) is 0 Å². The highest BCUT2D eigenvalue weighted by molar-refractivity contribution is 5.45. The van der Waals surface area contributed by atoms with Gasteiger partial charge in [0.1, 0.15) is 0 Å². The SMILES string of the molecule is CCNc1ncc(F)c(N2CCC(CC)(CC)C2)n1. The molecule has 0 bridgehead atoms. The van der Waals surface area contributed by atoms with Crippen LogP contribution in [0.1, 0.15) is 40.0 Å². The quantitative estimate of drug-likeness (QED) is 0.889. The minimum Gasteiger partial charge on any atom is -0.354 e. The fourth-order valence-electron chi connectivity index (χ4n) is 2.77. The highest BCUT2D eigenvalue weighted by atomic mass is 19.1. The van der Waals surface area contributed by atoms with Crippen molar-refractivity contribution in [2.75, 3.05) is 29.9 Å². The molecule has 0 amide bonds. The summed E-state index contributed by atoms with van der Waals surface area (Å²) >= 11 is 0. The van der Waals surface area contributed by atoms with Crippen LogP contribution in [-0.4, -0.2) is 29.6 Å². The van der Waals surface area contributed by atoms with Crippen molar-refractivity contribution in [1.82, 2.24) is 9.97 Å². The van der Waals surface area contributed by atoms with Crippen LogP contribution in [-0.2, 0) is 0 Å². The van der Waals surface area contributed by atoms with Gasteiger partial charge in [-0.05, 0) is 31.6 Å². The first-order valence-corrected chi connectivity index (χ1v) is 7.15. The molecule has 5 heteroatoms. The third-order valence-electron chi connectivity index (χ3n) is 4.30. The minimum atomic E-state index is -0.329.